The minimum absolute atomic E-state index is 0.178. The standard InChI is InChI=1S/C13H26NO6P/c1-7-11(19-13(15)10(2)3)8-12(9-14(4,5)6)20-21(16,17)18/h11-12H,2,7-9H2,1,3-6H3,(H-,16,17,18). The van der Waals surface area contributed by atoms with Crippen molar-refractivity contribution in [1.82, 2.24) is 0 Å². The average molecular weight is 323 g/mol. The fraction of sp³-hybridized carbons (Fsp3) is 0.769. The van der Waals surface area contributed by atoms with Gasteiger partial charge in [-0.1, -0.05) is 13.5 Å². The Morgan fingerprint density at radius 3 is 2.24 bits per heavy atom. The van der Waals surface area contributed by atoms with Crippen LogP contribution in [0, 0.1) is 0 Å². The summed E-state index contributed by atoms with van der Waals surface area (Å²) < 4.78 is 21.3. The van der Waals surface area contributed by atoms with Gasteiger partial charge in [-0.25, -0.2) is 4.79 Å². The molecule has 124 valence electrons. The van der Waals surface area contributed by atoms with E-state index in [0.29, 0.717) is 17.4 Å². The number of quaternary nitrogens is 1. The Hall–Kier alpha value is -0.720. The molecule has 7 nitrogen and oxygen atoms in total. The highest BCUT2D eigenvalue weighted by atomic mass is 31.2. The number of phosphoric ester groups is 1. The zero-order valence-electron chi connectivity index (χ0n) is 13.4. The second-order valence-corrected chi connectivity index (χ2v) is 7.27. The van der Waals surface area contributed by atoms with Crippen LogP contribution >= 0.6 is 7.82 Å². The zero-order valence-corrected chi connectivity index (χ0v) is 14.3. The summed E-state index contributed by atoms with van der Waals surface area (Å²) in [6, 6.07) is 0. The summed E-state index contributed by atoms with van der Waals surface area (Å²) in [6.07, 6.45) is -0.596. The fourth-order valence-electron chi connectivity index (χ4n) is 1.79. The molecule has 0 radical (unpaired) electrons. The van der Waals surface area contributed by atoms with E-state index in [-0.39, 0.29) is 12.0 Å². The molecular formula is C13H26NO6P. The first-order chi connectivity index (χ1) is 9.34. The number of hydrogen-bond acceptors (Lipinski definition) is 5. The normalized spacial score (nSPS) is 17.7. The lowest BCUT2D eigenvalue weighted by molar-refractivity contribution is -0.873. The van der Waals surface area contributed by atoms with Crippen LogP contribution < -0.4 is 4.89 Å². The SMILES string of the molecule is C=C(C)C(=O)OC(CC)CC(C[N+](C)(C)C)OP(=O)([O-])O. The van der Waals surface area contributed by atoms with E-state index in [1.165, 1.54) is 6.92 Å². The molecule has 0 fully saturated rings. The van der Waals surface area contributed by atoms with Gasteiger partial charge >= 0.3 is 5.97 Å². The van der Waals surface area contributed by atoms with E-state index in [2.05, 4.69) is 6.58 Å². The van der Waals surface area contributed by atoms with Crippen LogP contribution in [0.25, 0.3) is 0 Å². The summed E-state index contributed by atoms with van der Waals surface area (Å²) in [5.74, 6) is -0.528. The third kappa shape index (κ3) is 10.6. The Labute approximate surface area is 126 Å². The number of carbonyl (C=O) groups is 1. The van der Waals surface area contributed by atoms with Crippen molar-refractivity contribution in [2.45, 2.75) is 38.9 Å². The fourth-order valence-corrected chi connectivity index (χ4v) is 2.32. The molecule has 0 saturated heterocycles. The second kappa shape index (κ2) is 8.06. The van der Waals surface area contributed by atoms with E-state index in [0.717, 1.165) is 0 Å². The first-order valence-electron chi connectivity index (χ1n) is 6.73. The summed E-state index contributed by atoms with van der Waals surface area (Å²) in [5, 5.41) is 0. The van der Waals surface area contributed by atoms with Gasteiger partial charge in [0.15, 0.2) is 0 Å². The van der Waals surface area contributed by atoms with E-state index < -0.39 is 26.0 Å². The predicted molar refractivity (Wildman–Crippen MR) is 77.2 cm³/mol. The van der Waals surface area contributed by atoms with Gasteiger partial charge in [0.1, 0.15) is 18.8 Å². The highest BCUT2D eigenvalue weighted by Gasteiger charge is 2.27. The molecule has 0 spiro atoms. The lowest BCUT2D eigenvalue weighted by atomic mass is 10.1. The summed E-state index contributed by atoms with van der Waals surface area (Å²) in [7, 11) is 0.750. The second-order valence-electron chi connectivity index (χ2n) is 6.12. The molecule has 3 atom stereocenters. The predicted octanol–water partition coefficient (Wildman–Crippen LogP) is 0.826. The summed E-state index contributed by atoms with van der Waals surface area (Å²) in [4.78, 5) is 31.4. The number of ether oxygens (including phenoxy) is 1. The number of phosphoric acid groups is 1. The topological polar surface area (TPSA) is 95.9 Å². The highest BCUT2D eigenvalue weighted by Crippen LogP contribution is 2.34. The van der Waals surface area contributed by atoms with Crippen molar-refractivity contribution in [3.05, 3.63) is 12.2 Å². The zero-order chi connectivity index (χ0) is 16.8. The minimum atomic E-state index is -4.85. The largest absolute Gasteiger partial charge is 0.756 e. The number of hydrogen-bond donors (Lipinski definition) is 1. The first kappa shape index (κ1) is 20.3. The summed E-state index contributed by atoms with van der Waals surface area (Å²) in [5.41, 5.74) is 0.272. The Morgan fingerprint density at radius 1 is 1.38 bits per heavy atom. The van der Waals surface area contributed by atoms with E-state index in [9.17, 15) is 14.3 Å². The highest BCUT2D eigenvalue weighted by molar-refractivity contribution is 7.44. The van der Waals surface area contributed by atoms with Gasteiger partial charge in [-0.2, -0.15) is 0 Å². The van der Waals surface area contributed by atoms with Crippen LogP contribution in [0.1, 0.15) is 26.7 Å². The van der Waals surface area contributed by atoms with E-state index in [4.69, 9.17) is 14.2 Å². The van der Waals surface area contributed by atoms with Gasteiger partial charge in [0.05, 0.1) is 21.1 Å². The van der Waals surface area contributed by atoms with Crippen LogP contribution in [0.5, 0.6) is 0 Å². The van der Waals surface area contributed by atoms with Crippen LogP contribution in [0.3, 0.4) is 0 Å². The summed E-state index contributed by atoms with van der Waals surface area (Å²) in [6.45, 7) is 7.19. The molecule has 0 amide bonds. The number of likely N-dealkylation sites (N-methyl/N-ethyl adjacent to an activating group) is 1. The Balaban J connectivity index is 4.86. The van der Waals surface area contributed by atoms with E-state index in [1.54, 1.807) is 0 Å². The molecule has 0 bridgehead atoms. The maximum atomic E-state index is 11.5. The summed E-state index contributed by atoms with van der Waals surface area (Å²) >= 11 is 0. The van der Waals surface area contributed by atoms with Gasteiger partial charge < -0.3 is 23.5 Å². The first-order valence-corrected chi connectivity index (χ1v) is 8.22. The molecule has 0 aliphatic rings. The average Bonchev–Trinajstić information content (AvgIpc) is 2.22. The van der Waals surface area contributed by atoms with Crippen LogP contribution in [0.2, 0.25) is 0 Å². The Morgan fingerprint density at radius 2 is 1.90 bits per heavy atom. The third-order valence-electron chi connectivity index (χ3n) is 2.64. The van der Waals surface area contributed by atoms with Crippen molar-refractivity contribution >= 4 is 13.8 Å². The van der Waals surface area contributed by atoms with Gasteiger partial charge in [0, 0.05) is 12.0 Å². The van der Waals surface area contributed by atoms with Crippen molar-refractivity contribution in [1.29, 1.82) is 0 Å². The van der Waals surface area contributed by atoms with Gasteiger partial charge in [-0.05, 0) is 13.3 Å². The van der Waals surface area contributed by atoms with Crippen LogP contribution in [-0.4, -0.2) is 55.2 Å². The van der Waals surface area contributed by atoms with Crippen molar-refractivity contribution < 1.29 is 32.9 Å². The van der Waals surface area contributed by atoms with Gasteiger partial charge in [0.25, 0.3) is 7.82 Å². The van der Waals surface area contributed by atoms with Crippen LogP contribution in [0.15, 0.2) is 12.2 Å². The number of esters is 1. The van der Waals surface area contributed by atoms with E-state index >= 15 is 0 Å². The molecule has 1 N–H and O–H groups in total. The molecule has 0 aromatic rings. The maximum Gasteiger partial charge on any atom is 0.333 e. The Kier molecular flexibility index (Phi) is 7.78. The molecule has 0 aromatic carbocycles. The number of carbonyl (C=O) groups excluding carboxylic acids is 1. The van der Waals surface area contributed by atoms with Gasteiger partial charge in [0.2, 0.25) is 0 Å². The molecule has 0 heterocycles. The molecule has 0 rings (SSSR count). The quantitative estimate of drug-likeness (QED) is 0.292. The number of nitrogens with zero attached hydrogens (tertiary/aromatic N) is 1. The van der Waals surface area contributed by atoms with Crippen molar-refractivity contribution in [3.63, 3.8) is 0 Å². The Bertz CT molecular complexity index is 411. The maximum absolute atomic E-state index is 11.5. The van der Waals surface area contributed by atoms with Gasteiger partial charge in [-0.3, -0.25) is 4.57 Å². The molecule has 0 aliphatic heterocycles. The lowest BCUT2D eigenvalue weighted by Gasteiger charge is -2.32. The number of rotatable bonds is 9. The van der Waals surface area contributed by atoms with Crippen molar-refractivity contribution in [2.75, 3.05) is 27.7 Å². The monoisotopic (exact) mass is 323 g/mol. The van der Waals surface area contributed by atoms with E-state index in [1.807, 2.05) is 28.1 Å². The van der Waals surface area contributed by atoms with Crippen LogP contribution in [-0.2, 0) is 18.6 Å². The lowest BCUT2D eigenvalue weighted by Crippen LogP contribution is -2.43. The molecule has 3 unspecified atom stereocenters. The smallest absolute Gasteiger partial charge is 0.333 e. The van der Waals surface area contributed by atoms with Crippen molar-refractivity contribution in [3.8, 4) is 0 Å². The molecule has 21 heavy (non-hydrogen) atoms. The van der Waals surface area contributed by atoms with Crippen LogP contribution in [0.4, 0.5) is 0 Å². The minimum Gasteiger partial charge on any atom is -0.756 e. The third-order valence-corrected chi connectivity index (χ3v) is 3.20. The molecular weight excluding hydrogens is 297 g/mol. The van der Waals surface area contributed by atoms with Crippen molar-refractivity contribution in [2.24, 2.45) is 0 Å². The van der Waals surface area contributed by atoms with Gasteiger partial charge in [-0.15, -0.1) is 0 Å². The molecule has 0 aliphatic carbocycles. The molecule has 0 saturated carbocycles. The molecule has 0 aromatic heterocycles. The molecule has 8 heteroatoms.